The van der Waals surface area contributed by atoms with Gasteiger partial charge in [-0.15, -0.1) is 0 Å². The molecule has 0 saturated carbocycles. The fourth-order valence-corrected chi connectivity index (χ4v) is 4.10. The highest BCUT2D eigenvalue weighted by Gasteiger charge is 2.43. The minimum Gasteiger partial charge on any atom is -0.346 e. The maximum Gasteiger partial charge on any atom is 0.349 e. The first-order valence-electron chi connectivity index (χ1n) is 10.0. The number of benzene rings is 2. The van der Waals surface area contributed by atoms with Crippen molar-refractivity contribution in [3.8, 4) is 0 Å². The summed E-state index contributed by atoms with van der Waals surface area (Å²) in [6.45, 7) is -0.127. The minimum atomic E-state index is -3.75. The fourth-order valence-electron chi connectivity index (χ4n) is 3.97. The second-order valence-electron chi connectivity index (χ2n) is 7.91. The summed E-state index contributed by atoms with van der Waals surface area (Å²) < 4.78 is 28.9. The number of halogens is 3. The lowest BCUT2D eigenvalue weighted by Crippen LogP contribution is -2.55. The molecule has 1 saturated heterocycles. The molecule has 2 N–H and O–H groups in total. The Kier molecular flexibility index (Phi) is 5.96. The smallest absolute Gasteiger partial charge is 0.346 e. The molecule has 2 heterocycles. The average Bonchev–Trinajstić information content (AvgIpc) is 3.07. The Morgan fingerprint density at radius 1 is 1.18 bits per heavy atom. The van der Waals surface area contributed by atoms with Crippen molar-refractivity contribution in [1.29, 1.82) is 0 Å². The number of imide groups is 1. The second-order valence-corrected chi connectivity index (χ2v) is 8.35. The van der Waals surface area contributed by atoms with Gasteiger partial charge in [0.1, 0.15) is 6.04 Å². The monoisotopic (exact) mass is 471 g/mol. The standard InChI is InChI=1S/C22H17BClF2N3O4/c23-16-8-17(30)28-19(31)18(16)29-10-12-7-11(1-6-15(12)20(29)32)9-27-21(33)22(25,26)13-2-4-14(24)5-3-13/h1-7,16,18H,8-10H2,(H,27,33)(H,28,30,31). The normalized spacial score (nSPS) is 20.5. The second kappa shape index (κ2) is 8.59. The molecule has 4 amide bonds. The highest BCUT2D eigenvalue weighted by atomic mass is 35.5. The molecule has 2 aliphatic heterocycles. The molecule has 7 nitrogen and oxygen atoms in total. The summed E-state index contributed by atoms with van der Waals surface area (Å²) in [6, 6.07) is 8.36. The van der Waals surface area contributed by atoms with E-state index in [1.54, 1.807) is 6.07 Å². The van der Waals surface area contributed by atoms with Crippen molar-refractivity contribution in [1.82, 2.24) is 15.5 Å². The molecule has 2 atom stereocenters. The molecule has 2 aromatic rings. The molecule has 1 fully saturated rings. The van der Waals surface area contributed by atoms with Crippen LogP contribution in [0, 0.1) is 0 Å². The van der Waals surface area contributed by atoms with Gasteiger partial charge in [0.25, 0.3) is 11.8 Å². The third-order valence-electron chi connectivity index (χ3n) is 5.64. The van der Waals surface area contributed by atoms with Gasteiger partial charge in [0.2, 0.25) is 11.8 Å². The number of nitrogens with zero attached hydrogens (tertiary/aromatic N) is 1. The van der Waals surface area contributed by atoms with Gasteiger partial charge in [-0.2, -0.15) is 8.78 Å². The van der Waals surface area contributed by atoms with Crippen molar-refractivity contribution in [3.05, 3.63) is 69.7 Å². The van der Waals surface area contributed by atoms with Gasteiger partial charge < -0.3 is 10.2 Å². The summed E-state index contributed by atoms with van der Waals surface area (Å²) in [5.74, 6) is -7.62. The molecule has 4 rings (SSSR count). The van der Waals surface area contributed by atoms with Gasteiger partial charge in [-0.05, 0) is 35.1 Å². The van der Waals surface area contributed by atoms with Gasteiger partial charge in [0.05, 0.1) is 7.85 Å². The van der Waals surface area contributed by atoms with Crippen LogP contribution >= 0.6 is 11.6 Å². The van der Waals surface area contributed by atoms with E-state index in [2.05, 4.69) is 10.6 Å². The molecule has 2 aromatic carbocycles. The third-order valence-corrected chi connectivity index (χ3v) is 5.89. The molecule has 33 heavy (non-hydrogen) atoms. The van der Waals surface area contributed by atoms with Crippen LogP contribution in [-0.2, 0) is 33.4 Å². The first-order valence-corrected chi connectivity index (χ1v) is 10.4. The van der Waals surface area contributed by atoms with Crippen LogP contribution in [0.15, 0.2) is 42.5 Å². The lowest BCUT2D eigenvalue weighted by atomic mass is 9.75. The third kappa shape index (κ3) is 4.35. The molecule has 2 aliphatic rings. The Balaban J connectivity index is 1.45. The number of nitrogens with one attached hydrogen (secondary N) is 2. The summed E-state index contributed by atoms with van der Waals surface area (Å²) in [5.41, 5.74) is 0.915. The number of alkyl halides is 2. The van der Waals surface area contributed by atoms with Gasteiger partial charge in [-0.1, -0.05) is 35.9 Å². The Labute approximate surface area is 193 Å². The van der Waals surface area contributed by atoms with Crippen molar-refractivity contribution in [3.63, 3.8) is 0 Å². The Bertz CT molecular complexity index is 1160. The van der Waals surface area contributed by atoms with Crippen LogP contribution < -0.4 is 10.6 Å². The molecule has 168 valence electrons. The van der Waals surface area contributed by atoms with E-state index in [0.717, 1.165) is 12.1 Å². The van der Waals surface area contributed by atoms with Crippen molar-refractivity contribution in [2.24, 2.45) is 0 Å². The predicted molar refractivity (Wildman–Crippen MR) is 115 cm³/mol. The summed E-state index contributed by atoms with van der Waals surface area (Å²) in [5, 5.41) is 4.66. The number of carbonyl (C=O) groups excluding carboxylic acids is 4. The number of fused-ring (bicyclic) bond motifs is 1. The van der Waals surface area contributed by atoms with Gasteiger partial charge in [-0.25, -0.2) is 0 Å². The van der Waals surface area contributed by atoms with E-state index in [9.17, 15) is 28.0 Å². The summed E-state index contributed by atoms with van der Waals surface area (Å²) >= 11 is 5.70. The Morgan fingerprint density at radius 2 is 1.88 bits per heavy atom. The predicted octanol–water partition coefficient (Wildman–Crippen LogP) is 2.08. The average molecular weight is 472 g/mol. The molecule has 0 aromatic heterocycles. The van der Waals surface area contributed by atoms with E-state index in [1.165, 1.54) is 29.2 Å². The van der Waals surface area contributed by atoms with Crippen molar-refractivity contribution < 1.29 is 28.0 Å². The van der Waals surface area contributed by atoms with E-state index in [0.29, 0.717) is 16.7 Å². The van der Waals surface area contributed by atoms with Crippen LogP contribution in [0.4, 0.5) is 8.78 Å². The summed E-state index contributed by atoms with van der Waals surface area (Å²) in [7, 11) is 5.94. The van der Waals surface area contributed by atoms with Crippen LogP contribution in [0.1, 0.15) is 33.5 Å². The van der Waals surface area contributed by atoms with E-state index >= 15 is 0 Å². The highest BCUT2D eigenvalue weighted by molar-refractivity contribution is 6.30. The van der Waals surface area contributed by atoms with Crippen molar-refractivity contribution in [2.45, 2.75) is 37.3 Å². The largest absolute Gasteiger partial charge is 0.349 e. The number of hydrogen-bond acceptors (Lipinski definition) is 4. The van der Waals surface area contributed by atoms with Crippen LogP contribution in [0.3, 0.4) is 0 Å². The van der Waals surface area contributed by atoms with Crippen LogP contribution in [0.5, 0.6) is 0 Å². The lowest BCUT2D eigenvalue weighted by molar-refractivity contribution is -0.147. The molecular weight excluding hydrogens is 455 g/mol. The van der Waals surface area contributed by atoms with Crippen LogP contribution in [0.25, 0.3) is 0 Å². The molecule has 2 unspecified atom stereocenters. The van der Waals surface area contributed by atoms with Crippen molar-refractivity contribution in [2.75, 3.05) is 0 Å². The number of hydrogen-bond donors (Lipinski definition) is 2. The fraction of sp³-hybridized carbons (Fsp3) is 0.273. The van der Waals surface area contributed by atoms with E-state index < -0.39 is 47.0 Å². The van der Waals surface area contributed by atoms with Crippen molar-refractivity contribution >= 4 is 43.1 Å². The number of carbonyl (C=O) groups is 4. The van der Waals surface area contributed by atoms with E-state index in [4.69, 9.17) is 19.4 Å². The quantitative estimate of drug-likeness (QED) is 0.516. The van der Waals surface area contributed by atoms with Crippen LogP contribution in [-0.4, -0.2) is 42.4 Å². The first kappa shape index (κ1) is 22.9. The summed E-state index contributed by atoms with van der Waals surface area (Å²) in [6.07, 6.45) is -0.0877. The zero-order valence-corrected chi connectivity index (χ0v) is 17.9. The van der Waals surface area contributed by atoms with E-state index in [-0.39, 0.29) is 24.5 Å². The molecular formula is C22H17BClF2N3O4. The van der Waals surface area contributed by atoms with Gasteiger partial charge >= 0.3 is 5.92 Å². The van der Waals surface area contributed by atoms with Gasteiger partial charge in [-0.3, -0.25) is 24.5 Å². The number of rotatable bonds is 5. The zero-order chi connectivity index (χ0) is 23.9. The minimum absolute atomic E-state index is 0.0663. The number of piperidine rings is 1. The first-order chi connectivity index (χ1) is 15.6. The zero-order valence-electron chi connectivity index (χ0n) is 17.1. The molecule has 0 aliphatic carbocycles. The topological polar surface area (TPSA) is 95.6 Å². The Hall–Kier alpha value is -3.27. The number of amides is 4. The van der Waals surface area contributed by atoms with Gasteiger partial charge in [0, 0.05) is 35.7 Å². The summed E-state index contributed by atoms with van der Waals surface area (Å²) in [4.78, 5) is 49.9. The molecule has 0 bridgehead atoms. The molecule has 2 radical (unpaired) electrons. The maximum absolute atomic E-state index is 14.4. The lowest BCUT2D eigenvalue weighted by Gasteiger charge is -2.34. The molecule has 0 spiro atoms. The van der Waals surface area contributed by atoms with E-state index in [1.807, 2.05) is 0 Å². The SMILES string of the molecule is [B]C1CC(=O)NC(=O)C1N1Cc2cc(CNC(=O)C(F)(F)c3ccc(Cl)cc3)ccc2C1=O. The maximum atomic E-state index is 14.4. The van der Waals surface area contributed by atoms with Crippen LogP contribution in [0.2, 0.25) is 10.8 Å². The molecule has 11 heteroatoms. The van der Waals surface area contributed by atoms with Gasteiger partial charge in [0.15, 0.2) is 0 Å². The Morgan fingerprint density at radius 3 is 2.55 bits per heavy atom. The highest BCUT2D eigenvalue weighted by Crippen LogP contribution is 2.32.